The Balaban J connectivity index is 4.85. The van der Waals surface area contributed by atoms with Crippen LogP contribution in [0, 0.1) is 11.8 Å². The molecule has 1 unspecified atom stereocenters. The monoisotopic (exact) mass is 209 g/mol. The second-order valence-electron chi connectivity index (χ2n) is 3.79. The molecule has 0 aromatic carbocycles. The van der Waals surface area contributed by atoms with Crippen LogP contribution in [0.1, 0.15) is 33.6 Å². The molecule has 0 aliphatic heterocycles. The van der Waals surface area contributed by atoms with Crippen LogP contribution < -0.4 is 0 Å². The van der Waals surface area contributed by atoms with E-state index in [0.29, 0.717) is 19.4 Å². The highest BCUT2D eigenvalue weighted by atomic mass is 16.5. The number of hydrogen-bond acceptors (Lipinski definition) is 2. The van der Waals surface area contributed by atoms with Crippen molar-refractivity contribution < 1.29 is 9.53 Å². The maximum absolute atomic E-state index is 11.9. The Bertz CT molecular complexity index is 243. The van der Waals surface area contributed by atoms with Gasteiger partial charge in [0.1, 0.15) is 0 Å². The second kappa shape index (κ2) is 6.33. The van der Waals surface area contributed by atoms with E-state index < -0.39 is 5.41 Å². The zero-order chi connectivity index (χ0) is 11.9. The van der Waals surface area contributed by atoms with Crippen LogP contribution in [0.2, 0.25) is 0 Å². The Labute approximate surface area is 93.0 Å². The lowest BCUT2D eigenvalue weighted by atomic mass is 9.77. The summed E-state index contributed by atoms with van der Waals surface area (Å²) in [4.78, 5) is 11.9. The van der Waals surface area contributed by atoms with E-state index in [1.165, 1.54) is 0 Å². The number of rotatable bonds is 7. The maximum atomic E-state index is 11.9. The zero-order valence-corrected chi connectivity index (χ0v) is 10.0. The van der Waals surface area contributed by atoms with Crippen molar-refractivity contribution in [3.63, 3.8) is 0 Å². The average molecular weight is 209 g/mol. The number of carbonyl (C=O) groups excluding carboxylic acids is 1. The van der Waals surface area contributed by atoms with E-state index >= 15 is 0 Å². The van der Waals surface area contributed by atoms with Gasteiger partial charge in [0, 0.05) is 12.8 Å². The first-order chi connectivity index (χ1) is 7.02. The molecule has 0 saturated carbocycles. The number of allylic oxidation sites excluding steroid dienone is 2. The Morgan fingerprint density at radius 1 is 1.60 bits per heavy atom. The van der Waals surface area contributed by atoms with Gasteiger partial charge < -0.3 is 4.74 Å². The predicted octanol–water partition coefficient (Wildman–Crippen LogP) is 3.30. The smallest absolute Gasteiger partial charge is 0.358 e. The van der Waals surface area contributed by atoms with Crippen molar-refractivity contribution in [1.82, 2.24) is 0 Å². The van der Waals surface area contributed by atoms with Gasteiger partial charge in [-0.3, -0.25) is 0 Å². The van der Waals surface area contributed by atoms with Crippen molar-refractivity contribution in [2.75, 3.05) is 6.61 Å². The zero-order valence-electron chi connectivity index (χ0n) is 10.0. The molecule has 0 aliphatic rings. The summed E-state index contributed by atoms with van der Waals surface area (Å²) in [5.74, 6) is -0.185. The van der Waals surface area contributed by atoms with Crippen molar-refractivity contribution in [3.8, 4) is 0 Å². The summed E-state index contributed by atoms with van der Waals surface area (Å²) >= 11 is 0. The normalized spacial score (nSPS) is 13.8. The topological polar surface area (TPSA) is 26.3 Å². The molecule has 0 aliphatic carbocycles. The van der Waals surface area contributed by atoms with Crippen molar-refractivity contribution in [2.24, 2.45) is 5.41 Å². The van der Waals surface area contributed by atoms with E-state index in [4.69, 9.17) is 4.74 Å². The van der Waals surface area contributed by atoms with E-state index in [1.807, 2.05) is 27.2 Å². The molecule has 0 fully saturated rings. The van der Waals surface area contributed by atoms with Crippen LogP contribution in [0.3, 0.4) is 0 Å². The molecule has 84 valence electrons. The van der Waals surface area contributed by atoms with Crippen LogP contribution in [-0.2, 0) is 9.53 Å². The van der Waals surface area contributed by atoms with Crippen molar-refractivity contribution in [1.29, 1.82) is 0 Å². The van der Waals surface area contributed by atoms with Gasteiger partial charge in [-0.15, -0.1) is 6.58 Å². The van der Waals surface area contributed by atoms with Crippen LogP contribution in [0.4, 0.5) is 0 Å². The Hall–Kier alpha value is -1.18. The SMILES string of the molecule is C=CCC([CH+]C)(CC(=C)C)C(=O)OCC. The third kappa shape index (κ3) is 3.82. The second-order valence-corrected chi connectivity index (χ2v) is 3.79. The fourth-order valence-electron chi connectivity index (χ4n) is 1.64. The van der Waals surface area contributed by atoms with Gasteiger partial charge in [0.2, 0.25) is 5.41 Å². The van der Waals surface area contributed by atoms with Crippen LogP contribution >= 0.6 is 0 Å². The first-order valence-corrected chi connectivity index (χ1v) is 5.25. The van der Waals surface area contributed by atoms with Crippen LogP contribution in [0.15, 0.2) is 24.8 Å². The van der Waals surface area contributed by atoms with E-state index in [9.17, 15) is 4.79 Å². The lowest BCUT2D eigenvalue weighted by Gasteiger charge is -2.22. The molecule has 0 radical (unpaired) electrons. The summed E-state index contributed by atoms with van der Waals surface area (Å²) in [6.07, 6.45) is 4.85. The highest BCUT2D eigenvalue weighted by Crippen LogP contribution is 2.34. The lowest BCUT2D eigenvalue weighted by molar-refractivity contribution is -0.153. The summed E-state index contributed by atoms with van der Waals surface area (Å²) in [5.41, 5.74) is 0.395. The fraction of sp³-hybridized carbons (Fsp3) is 0.538. The molecule has 0 bridgehead atoms. The van der Waals surface area contributed by atoms with Crippen LogP contribution in [-0.4, -0.2) is 12.6 Å². The molecule has 0 spiro atoms. The summed E-state index contributed by atoms with van der Waals surface area (Å²) < 4.78 is 5.09. The molecule has 0 aromatic heterocycles. The van der Waals surface area contributed by atoms with Gasteiger partial charge in [-0.1, -0.05) is 18.2 Å². The molecule has 2 nitrogen and oxygen atoms in total. The van der Waals surface area contributed by atoms with Gasteiger partial charge in [-0.2, -0.15) is 0 Å². The van der Waals surface area contributed by atoms with Gasteiger partial charge >= 0.3 is 5.97 Å². The minimum Gasteiger partial charge on any atom is -0.462 e. The number of esters is 1. The van der Waals surface area contributed by atoms with Crippen molar-refractivity contribution >= 4 is 5.97 Å². The van der Waals surface area contributed by atoms with E-state index in [2.05, 4.69) is 13.2 Å². The molecular formula is C13H21O2+. The largest absolute Gasteiger partial charge is 0.462 e. The first kappa shape index (κ1) is 13.8. The third-order valence-corrected chi connectivity index (χ3v) is 2.36. The van der Waals surface area contributed by atoms with E-state index in [0.717, 1.165) is 5.57 Å². The Morgan fingerprint density at radius 3 is 2.53 bits per heavy atom. The molecule has 0 amide bonds. The molecular weight excluding hydrogens is 188 g/mol. The highest BCUT2D eigenvalue weighted by molar-refractivity contribution is 5.79. The Kier molecular flexibility index (Phi) is 5.83. The lowest BCUT2D eigenvalue weighted by Crippen LogP contribution is -2.33. The molecule has 0 saturated heterocycles. The molecule has 1 atom stereocenters. The standard InChI is InChI=1S/C13H21O2/c1-6-9-13(7-2,10-11(4)5)12(14)15-8-3/h6-7H,1,4,8-10H2,2-3,5H3/q+1. The molecule has 0 heterocycles. The van der Waals surface area contributed by atoms with Crippen LogP contribution in [0.25, 0.3) is 0 Å². The summed E-state index contributed by atoms with van der Waals surface area (Å²) in [7, 11) is 0. The highest BCUT2D eigenvalue weighted by Gasteiger charge is 2.45. The first-order valence-electron chi connectivity index (χ1n) is 5.25. The van der Waals surface area contributed by atoms with Gasteiger partial charge in [-0.05, 0) is 13.8 Å². The molecule has 0 N–H and O–H groups in total. The van der Waals surface area contributed by atoms with E-state index in [1.54, 1.807) is 6.08 Å². The minimum atomic E-state index is -0.580. The summed E-state index contributed by atoms with van der Waals surface area (Å²) in [5, 5.41) is 0. The third-order valence-electron chi connectivity index (χ3n) is 2.36. The number of ether oxygens (including phenoxy) is 1. The molecule has 0 rings (SSSR count). The van der Waals surface area contributed by atoms with Gasteiger partial charge in [0.25, 0.3) is 0 Å². The Morgan fingerprint density at radius 2 is 2.20 bits per heavy atom. The number of carbonyl (C=O) groups is 1. The van der Waals surface area contributed by atoms with Gasteiger partial charge in [-0.25, -0.2) is 4.79 Å². The van der Waals surface area contributed by atoms with Crippen molar-refractivity contribution in [2.45, 2.75) is 33.6 Å². The molecule has 0 aromatic rings. The van der Waals surface area contributed by atoms with Gasteiger partial charge in [0.05, 0.1) is 20.0 Å². The predicted molar refractivity (Wildman–Crippen MR) is 63.3 cm³/mol. The quantitative estimate of drug-likeness (QED) is 0.365. The fourth-order valence-corrected chi connectivity index (χ4v) is 1.64. The summed E-state index contributed by atoms with van der Waals surface area (Å²) in [6, 6.07) is 0. The van der Waals surface area contributed by atoms with Crippen LogP contribution in [0.5, 0.6) is 0 Å². The molecule has 2 heteroatoms. The molecule has 15 heavy (non-hydrogen) atoms. The minimum absolute atomic E-state index is 0.185. The van der Waals surface area contributed by atoms with Crippen molar-refractivity contribution in [3.05, 3.63) is 31.2 Å². The van der Waals surface area contributed by atoms with E-state index in [-0.39, 0.29) is 5.97 Å². The number of hydrogen-bond donors (Lipinski definition) is 0. The average Bonchev–Trinajstić information content (AvgIpc) is 2.16. The van der Waals surface area contributed by atoms with Gasteiger partial charge in [0.15, 0.2) is 0 Å². The summed E-state index contributed by atoms with van der Waals surface area (Å²) in [6.45, 7) is 13.5. The maximum Gasteiger partial charge on any atom is 0.358 e.